The van der Waals surface area contributed by atoms with Gasteiger partial charge in [0, 0.05) is 11.6 Å². The lowest BCUT2D eigenvalue weighted by atomic mass is 10.1. The van der Waals surface area contributed by atoms with Crippen molar-refractivity contribution < 1.29 is 23.8 Å². The molecule has 0 unspecified atom stereocenters. The molecule has 1 fully saturated rings. The number of carboxylic acids is 1. The standard InChI is InChI=1S/C18H19NO5/c20-17(19-14-7-6-12(10-14)18(21)22)16-13(8-9-23-16)11-24-15-4-2-1-3-5-15/h1-5,8-9,12,14H,6-7,10-11H2,(H,19,20)(H,21,22)/t12-,14+/m1/s1. The second-order valence-electron chi connectivity index (χ2n) is 5.90. The summed E-state index contributed by atoms with van der Waals surface area (Å²) in [5, 5.41) is 11.9. The smallest absolute Gasteiger partial charge is 0.306 e. The Balaban J connectivity index is 1.58. The molecule has 0 spiro atoms. The van der Waals surface area contributed by atoms with Gasteiger partial charge >= 0.3 is 5.97 Å². The molecule has 2 atom stereocenters. The van der Waals surface area contributed by atoms with Crippen LogP contribution in [0.4, 0.5) is 0 Å². The van der Waals surface area contributed by atoms with Gasteiger partial charge in [-0.25, -0.2) is 0 Å². The fourth-order valence-electron chi connectivity index (χ4n) is 2.91. The average molecular weight is 329 g/mol. The maximum Gasteiger partial charge on any atom is 0.306 e. The molecular formula is C18H19NO5. The van der Waals surface area contributed by atoms with Crippen LogP contribution in [0.2, 0.25) is 0 Å². The lowest BCUT2D eigenvalue weighted by Gasteiger charge is -2.12. The van der Waals surface area contributed by atoms with Gasteiger partial charge < -0.3 is 19.6 Å². The summed E-state index contributed by atoms with van der Waals surface area (Å²) in [4.78, 5) is 23.4. The predicted octanol–water partition coefficient (Wildman–Crippen LogP) is 2.84. The number of rotatable bonds is 6. The van der Waals surface area contributed by atoms with Gasteiger partial charge in [0.15, 0.2) is 5.76 Å². The topological polar surface area (TPSA) is 88.8 Å². The summed E-state index contributed by atoms with van der Waals surface area (Å²) in [5.74, 6) is -0.591. The van der Waals surface area contributed by atoms with E-state index in [0.29, 0.717) is 30.6 Å². The van der Waals surface area contributed by atoms with Crippen LogP contribution >= 0.6 is 0 Å². The summed E-state index contributed by atoms with van der Waals surface area (Å²) in [6.07, 6.45) is 3.16. The first-order valence-corrected chi connectivity index (χ1v) is 7.91. The Morgan fingerprint density at radius 3 is 2.71 bits per heavy atom. The maximum absolute atomic E-state index is 12.4. The lowest BCUT2D eigenvalue weighted by molar-refractivity contribution is -0.141. The van der Waals surface area contributed by atoms with Crippen LogP contribution in [-0.2, 0) is 11.4 Å². The van der Waals surface area contributed by atoms with E-state index >= 15 is 0 Å². The van der Waals surface area contributed by atoms with Gasteiger partial charge in [0.1, 0.15) is 12.4 Å². The van der Waals surface area contributed by atoms with Gasteiger partial charge in [-0.05, 0) is 37.5 Å². The van der Waals surface area contributed by atoms with E-state index in [1.807, 2.05) is 30.3 Å². The highest BCUT2D eigenvalue weighted by Gasteiger charge is 2.31. The summed E-state index contributed by atoms with van der Waals surface area (Å²) >= 11 is 0. The van der Waals surface area contributed by atoms with E-state index in [1.54, 1.807) is 6.07 Å². The number of aliphatic carboxylic acids is 1. The van der Waals surface area contributed by atoms with Crippen molar-refractivity contribution >= 4 is 11.9 Å². The molecular weight excluding hydrogens is 310 g/mol. The van der Waals surface area contributed by atoms with E-state index in [9.17, 15) is 9.59 Å². The Morgan fingerprint density at radius 1 is 1.21 bits per heavy atom. The van der Waals surface area contributed by atoms with Gasteiger partial charge in [-0.15, -0.1) is 0 Å². The third-order valence-corrected chi connectivity index (χ3v) is 4.21. The molecule has 1 aromatic carbocycles. The van der Waals surface area contributed by atoms with Crippen molar-refractivity contribution in [2.24, 2.45) is 5.92 Å². The van der Waals surface area contributed by atoms with Crippen molar-refractivity contribution in [1.29, 1.82) is 0 Å². The third kappa shape index (κ3) is 3.76. The number of para-hydroxylation sites is 1. The van der Waals surface area contributed by atoms with E-state index in [-0.39, 0.29) is 30.2 Å². The molecule has 24 heavy (non-hydrogen) atoms. The Morgan fingerprint density at radius 2 is 2.00 bits per heavy atom. The number of ether oxygens (including phenoxy) is 1. The number of hydrogen-bond donors (Lipinski definition) is 2. The molecule has 1 amide bonds. The lowest BCUT2D eigenvalue weighted by Crippen LogP contribution is -2.33. The first-order chi connectivity index (χ1) is 11.6. The molecule has 2 aromatic rings. The minimum absolute atomic E-state index is 0.133. The molecule has 1 aromatic heterocycles. The van der Waals surface area contributed by atoms with E-state index in [0.717, 1.165) is 0 Å². The molecule has 1 aliphatic carbocycles. The van der Waals surface area contributed by atoms with Gasteiger partial charge in [0.05, 0.1) is 12.2 Å². The first-order valence-electron chi connectivity index (χ1n) is 7.91. The van der Waals surface area contributed by atoms with Crippen molar-refractivity contribution in [2.75, 3.05) is 0 Å². The summed E-state index contributed by atoms with van der Waals surface area (Å²) in [6, 6.07) is 10.9. The number of benzene rings is 1. The van der Waals surface area contributed by atoms with E-state index < -0.39 is 5.97 Å². The second-order valence-corrected chi connectivity index (χ2v) is 5.90. The van der Waals surface area contributed by atoms with Crippen LogP contribution in [0.5, 0.6) is 5.75 Å². The van der Waals surface area contributed by atoms with Gasteiger partial charge in [0.25, 0.3) is 5.91 Å². The summed E-state index contributed by atoms with van der Waals surface area (Å²) in [6.45, 7) is 0.228. The highest BCUT2D eigenvalue weighted by atomic mass is 16.5. The second kappa shape index (κ2) is 7.21. The number of hydrogen-bond acceptors (Lipinski definition) is 4. The molecule has 0 aliphatic heterocycles. The van der Waals surface area contributed by atoms with Gasteiger partial charge in [-0.2, -0.15) is 0 Å². The van der Waals surface area contributed by atoms with Crippen LogP contribution in [0.1, 0.15) is 35.4 Å². The molecule has 126 valence electrons. The number of carbonyl (C=O) groups excluding carboxylic acids is 1. The quantitative estimate of drug-likeness (QED) is 0.851. The zero-order chi connectivity index (χ0) is 16.9. The Bertz CT molecular complexity index is 709. The van der Waals surface area contributed by atoms with Crippen molar-refractivity contribution in [3.05, 3.63) is 54.0 Å². The largest absolute Gasteiger partial charge is 0.489 e. The summed E-state index contributed by atoms with van der Waals surface area (Å²) < 4.78 is 10.9. The zero-order valence-electron chi connectivity index (χ0n) is 13.1. The SMILES string of the molecule is O=C(N[C@H]1CC[C@@H](C(=O)O)C1)c1occc1COc1ccccc1. The number of furan rings is 1. The fraction of sp³-hybridized carbons (Fsp3) is 0.333. The van der Waals surface area contributed by atoms with Crippen molar-refractivity contribution in [3.8, 4) is 5.75 Å². The monoisotopic (exact) mass is 329 g/mol. The first kappa shape index (κ1) is 16.1. The number of amides is 1. The van der Waals surface area contributed by atoms with E-state index in [4.69, 9.17) is 14.3 Å². The molecule has 1 heterocycles. The summed E-state index contributed by atoms with van der Waals surface area (Å²) in [5.41, 5.74) is 0.657. The van der Waals surface area contributed by atoms with Crippen LogP contribution in [0.25, 0.3) is 0 Å². The van der Waals surface area contributed by atoms with Gasteiger partial charge in [0.2, 0.25) is 0 Å². The third-order valence-electron chi connectivity index (χ3n) is 4.21. The normalized spacial score (nSPS) is 19.8. The van der Waals surface area contributed by atoms with Gasteiger partial charge in [-0.3, -0.25) is 9.59 Å². The molecule has 0 saturated heterocycles. The molecule has 2 N–H and O–H groups in total. The molecule has 6 nitrogen and oxygen atoms in total. The molecule has 3 rings (SSSR count). The highest BCUT2D eigenvalue weighted by molar-refractivity contribution is 5.93. The number of nitrogens with one attached hydrogen (secondary N) is 1. The highest BCUT2D eigenvalue weighted by Crippen LogP contribution is 2.26. The van der Waals surface area contributed by atoms with Crippen LogP contribution in [-0.4, -0.2) is 23.0 Å². The molecule has 1 saturated carbocycles. The summed E-state index contributed by atoms with van der Waals surface area (Å²) in [7, 11) is 0. The van der Waals surface area contributed by atoms with Crippen LogP contribution in [0.15, 0.2) is 47.1 Å². The minimum Gasteiger partial charge on any atom is -0.489 e. The van der Waals surface area contributed by atoms with Crippen molar-refractivity contribution in [2.45, 2.75) is 31.9 Å². The number of carboxylic acid groups (broad SMARTS) is 1. The van der Waals surface area contributed by atoms with Crippen LogP contribution < -0.4 is 10.1 Å². The van der Waals surface area contributed by atoms with Gasteiger partial charge in [-0.1, -0.05) is 18.2 Å². The van der Waals surface area contributed by atoms with E-state index in [2.05, 4.69) is 5.32 Å². The number of carbonyl (C=O) groups is 2. The van der Waals surface area contributed by atoms with E-state index in [1.165, 1.54) is 6.26 Å². The Kier molecular flexibility index (Phi) is 4.84. The molecule has 6 heteroatoms. The predicted molar refractivity (Wildman–Crippen MR) is 85.7 cm³/mol. The maximum atomic E-state index is 12.4. The fourth-order valence-corrected chi connectivity index (χ4v) is 2.91. The Hall–Kier alpha value is -2.76. The Labute approximate surface area is 139 Å². The zero-order valence-corrected chi connectivity index (χ0v) is 13.1. The molecule has 1 aliphatic rings. The average Bonchev–Trinajstić information content (AvgIpc) is 3.23. The van der Waals surface area contributed by atoms with Crippen LogP contribution in [0, 0.1) is 5.92 Å². The molecule has 0 radical (unpaired) electrons. The van der Waals surface area contributed by atoms with Crippen LogP contribution in [0.3, 0.4) is 0 Å². The molecule has 0 bridgehead atoms. The van der Waals surface area contributed by atoms with Crippen molar-refractivity contribution in [3.63, 3.8) is 0 Å². The van der Waals surface area contributed by atoms with Crippen molar-refractivity contribution in [1.82, 2.24) is 5.32 Å². The minimum atomic E-state index is -0.804.